The average Bonchev–Trinajstić information content (AvgIpc) is 2.59. The van der Waals surface area contributed by atoms with E-state index in [4.69, 9.17) is 6.42 Å². The summed E-state index contributed by atoms with van der Waals surface area (Å²) in [5.74, 6) is 3.56. The summed E-state index contributed by atoms with van der Waals surface area (Å²) >= 11 is 0. The maximum Gasteiger partial charge on any atom is 0.0576 e. The van der Waals surface area contributed by atoms with Crippen molar-refractivity contribution < 1.29 is 0 Å². The highest BCUT2D eigenvalue weighted by atomic mass is 14.9. The lowest BCUT2D eigenvalue weighted by atomic mass is 9.97. The van der Waals surface area contributed by atoms with E-state index in [1.807, 2.05) is 0 Å². The molecule has 0 aromatic heterocycles. The molecule has 2 atom stereocenters. The van der Waals surface area contributed by atoms with Gasteiger partial charge in [-0.1, -0.05) is 32.1 Å². The second kappa shape index (κ2) is 6.05. The van der Waals surface area contributed by atoms with Crippen molar-refractivity contribution in [2.24, 2.45) is 5.92 Å². The van der Waals surface area contributed by atoms with Crippen molar-refractivity contribution in [3.8, 4) is 12.3 Å². The van der Waals surface area contributed by atoms with Crippen LogP contribution in [0.25, 0.3) is 0 Å². The predicted molar refractivity (Wildman–Crippen MR) is 57.5 cm³/mol. The molecule has 0 amide bonds. The van der Waals surface area contributed by atoms with Crippen LogP contribution in [0.2, 0.25) is 0 Å². The topological polar surface area (TPSA) is 12.0 Å². The monoisotopic (exact) mass is 179 g/mol. The lowest BCUT2D eigenvalue weighted by Crippen LogP contribution is -2.32. The second-order valence-corrected chi connectivity index (χ2v) is 4.02. The van der Waals surface area contributed by atoms with Crippen LogP contribution < -0.4 is 5.32 Å². The zero-order valence-corrected chi connectivity index (χ0v) is 8.68. The second-order valence-electron chi connectivity index (χ2n) is 4.02. The van der Waals surface area contributed by atoms with Gasteiger partial charge in [0.05, 0.1) is 6.54 Å². The summed E-state index contributed by atoms with van der Waals surface area (Å²) in [6, 6.07) is 0.711. The molecular weight excluding hydrogens is 158 g/mol. The molecule has 1 N–H and O–H groups in total. The van der Waals surface area contributed by atoms with E-state index < -0.39 is 0 Å². The zero-order valence-electron chi connectivity index (χ0n) is 8.68. The summed E-state index contributed by atoms with van der Waals surface area (Å²) in [6.45, 7) is 3.01. The summed E-state index contributed by atoms with van der Waals surface area (Å²) in [6.07, 6.45) is 13.4. The first-order valence-electron chi connectivity index (χ1n) is 5.55. The molecule has 0 radical (unpaired) electrons. The SMILES string of the molecule is C#CCNC1CCCC1CCCC. The Bertz CT molecular complexity index is 168. The fourth-order valence-electron chi connectivity index (χ4n) is 2.31. The molecule has 1 heteroatoms. The van der Waals surface area contributed by atoms with E-state index in [1.165, 1.54) is 38.5 Å². The van der Waals surface area contributed by atoms with Gasteiger partial charge in [-0.05, 0) is 25.2 Å². The molecule has 1 rings (SSSR count). The Labute approximate surface area is 82.3 Å². The van der Waals surface area contributed by atoms with E-state index in [0.717, 1.165) is 12.5 Å². The zero-order chi connectivity index (χ0) is 9.52. The van der Waals surface area contributed by atoms with Crippen LogP contribution in [0.15, 0.2) is 0 Å². The molecule has 2 unspecified atom stereocenters. The van der Waals surface area contributed by atoms with E-state index in [2.05, 4.69) is 18.2 Å². The fraction of sp³-hybridized carbons (Fsp3) is 0.833. The van der Waals surface area contributed by atoms with Gasteiger partial charge in [-0.3, -0.25) is 0 Å². The molecule has 1 aliphatic rings. The molecule has 1 fully saturated rings. The van der Waals surface area contributed by atoms with Crippen molar-refractivity contribution in [3.05, 3.63) is 0 Å². The Hall–Kier alpha value is -0.480. The molecule has 0 bridgehead atoms. The summed E-state index contributed by atoms with van der Waals surface area (Å²) < 4.78 is 0. The van der Waals surface area contributed by atoms with Crippen LogP contribution in [-0.4, -0.2) is 12.6 Å². The maximum absolute atomic E-state index is 5.24. The van der Waals surface area contributed by atoms with E-state index in [-0.39, 0.29) is 0 Å². The van der Waals surface area contributed by atoms with Gasteiger partial charge in [0.25, 0.3) is 0 Å². The average molecular weight is 179 g/mol. The lowest BCUT2D eigenvalue weighted by Gasteiger charge is -2.19. The van der Waals surface area contributed by atoms with E-state index in [9.17, 15) is 0 Å². The third kappa shape index (κ3) is 3.40. The van der Waals surface area contributed by atoms with Gasteiger partial charge < -0.3 is 5.32 Å². The highest BCUT2D eigenvalue weighted by molar-refractivity contribution is 4.91. The van der Waals surface area contributed by atoms with Crippen molar-refractivity contribution in [2.45, 2.75) is 51.5 Å². The molecule has 74 valence electrons. The Morgan fingerprint density at radius 1 is 1.46 bits per heavy atom. The molecule has 13 heavy (non-hydrogen) atoms. The smallest absolute Gasteiger partial charge is 0.0576 e. The Morgan fingerprint density at radius 2 is 2.31 bits per heavy atom. The van der Waals surface area contributed by atoms with Crippen molar-refractivity contribution in [1.82, 2.24) is 5.32 Å². The van der Waals surface area contributed by atoms with Crippen molar-refractivity contribution in [3.63, 3.8) is 0 Å². The van der Waals surface area contributed by atoms with Gasteiger partial charge in [-0.2, -0.15) is 0 Å². The van der Waals surface area contributed by atoms with Crippen molar-refractivity contribution in [1.29, 1.82) is 0 Å². The molecule has 1 nitrogen and oxygen atoms in total. The van der Waals surface area contributed by atoms with Gasteiger partial charge in [0, 0.05) is 6.04 Å². The van der Waals surface area contributed by atoms with Crippen LogP contribution in [0.5, 0.6) is 0 Å². The highest BCUT2D eigenvalue weighted by Gasteiger charge is 2.25. The molecule has 1 aliphatic carbocycles. The van der Waals surface area contributed by atoms with Crippen molar-refractivity contribution >= 4 is 0 Å². The number of hydrogen-bond donors (Lipinski definition) is 1. The van der Waals surface area contributed by atoms with Gasteiger partial charge in [0.1, 0.15) is 0 Å². The first-order chi connectivity index (χ1) is 6.38. The Balaban J connectivity index is 2.23. The van der Waals surface area contributed by atoms with Crippen molar-refractivity contribution in [2.75, 3.05) is 6.54 Å². The summed E-state index contributed by atoms with van der Waals surface area (Å²) in [7, 11) is 0. The van der Waals surface area contributed by atoms with Crippen LogP contribution in [0.4, 0.5) is 0 Å². The van der Waals surface area contributed by atoms with E-state index >= 15 is 0 Å². The molecule has 0 aromatic rings. The molecule has 1 saturated carbocycles. The number of hydrogen-bond acceptors (Lipinski definition) is 1. The molecular formula is C12H21N. The fourth-order valence-corrected chi connectivity index (χ4v) is 2.31. The Morgan fingerprint density at radius 3 is 3.00 bits per heavy atom. The van der Waals surface area contributed by atoms with Gasteiger partial charge >= 0.3 is 0 Å². The predicted octanol–water partition coefficient (Wildman–Crippen LogP) is 2.57. The lowest BCUT2D eigenvalue weighted by molar-refractivity contribution is 0.382. The van der Waals surface area contributed by atoms with Gasteiger partial charge in [-0.15, -0.1) is 6.42 Å². The third-order valence-corrected chi connectivity index (χ3v) is 3.05. The number of unbranched alkanes of at least 4 members (excludes halogenated alkanes) is 1. The van der Waals surface area contributed by atoms with Crippen LogP contribution in [0.3, 0.4) is 0 Å². The first-order valence-corrected chi connectivity index (χ1v) is 5.55. The normalized spacial score (nSPS) is 27.4. The largest absolute Gasteiger partial charge is 0.303 e. The van der Waals surface area contributed by atoms with Crippen LogP contribution in [-0.2, 0) is 0 Å². The third-order valence-electron chi connectivity index (χ3n) is 3.05. The quantitative estimate of drug-likeness (QED) is 0.640. The number of rotatable bonds is 5. The first kappa shape index (κ1) is 10.6. The number of terminal acetylenes is 1. The van der Waals surface area contributed by atoms with Gasteiger partial charge in [0.15, 0.2) is 0 Å². The minimum absolute atomic E-state index is 0.711. The van der Waals surface area contributed by atoms with Crippen LogP contribution in [0, 0.1) is 18.3 Å². The highest BCUT2D eigenvalue weighted by Crippen LogP contribution is 2.29. The van der Waals surface area contributed by atoms with Crippen LogP contribution >= 0.6 is 0 Å². The summed E-state index contributed by atoms with van der Waals surface area (Å²) in [4.78, 5) is 0. The van der Waals surface area contributed by atoms with Gasteiger partial charge in [0.2, 0.25) is 0 Å². The summed E-state index contributed by atoms with van der Waals surface area (Å²) in [5.41, 5.74) is 0. The molecule has 0 saturated heterocycles. The van der Waals surface area contributed by atoms with E-state index in [0.29, 0.717) is 6.04 Å². The van der Waals surface area contributed by atoms with Crippen LogP contribution in [0.1, 0.15) is 45.4 Å². The minimum atomic E-state index is 0.711. The molecule has 0 heterocycles. The van der Waals surface area contributed by atoms with E-state index in [1.54, 1.807) is 0 Å². The maximum atomic E-state index is 5.24. The molecule has 0 spiro atoms. The standard InChI is InChI=1S/C12H21N/c1-3-5-7-11-8-6-9-12(11)13-10-4-2/h2,11-13H,3,5-10H2,1H3. The summed E-state index contributed by atoms with van der Waals surface area (Å²) in [5, 5.41) is 3.45. The molecule has 0 aliphatic heterocycles. The van der Waals surface area contributed by atoms with Gasteiger partial charge in [-0.25, -0.2) is 0 Å². The number of nitrogens with one attached hydrogen (secondary N) is 1. The minimum Gasteiger partial charge on any atom is -0.303 e. The molecule has 0 aromatic carbocycles. The Kier molecular flexibility index (Phi) is 4.93.